The first-order valence-corrected chi connectivity index (χ1v) is 8.97. The van der Waals surface area contributed by atoms with Crippen molar-refractivity contribution in [2.24, 2.45) is 11.1 Å². The normalized spacial score (nSPS) is 16.7. The van der Waals surface area contributed by atoms with Crippen molar-refractivity contribution in [1.29, 1.82) is 0 Å². The summed E-state index contributed by atoms with van der Waals surface area (Å²) in [6.45, 7) is 3.47. The molecule has 1 fully saturated rings. The summed E-state index contributed by atoms with van der Waals surface area (Å²) >= 11 is 1.55. The monoisotopic (exact) mass is 418 g/mol. The molecule has 26 heavy (non-hydrogen) atoms. The van der Waals surface area contributed by atoms with Crippen LogP contribution in [0, 0.1) is 5.41 Å². The van der Waals surface area contributed by atoms with Crippen molar-refractivity contribution in [2.45, 2.75) is 25.8 Å². The first-order chi connectivity index (χ1) is 11.6. The maximum Gasteiger partial charge on any atom is 0.228 e. The molecule has 1 saturated heterocycles. The second kappa shape index (κ2) is 10.2. The first kappa shape index (κ1) is 22.8. The van der Waals surface area contributed by atoms with Crippen LogP contribution in [0.1, 0.15) is 30.8 Å². The second-order valence-corrected chi connectivity index (χ2v) is 6.99. The summed E-state index contributed by atoms with van der Waals surface area (Å²) in [6.07, 6.45) is 4.83. The molecule has 0 aromatic carbocycles. The van der Waals surface area contributed by atoms with Gasteiger partial charge in [-0.2, -0.15) is 0 Å². The molecule has 1 unspecified atom stereocenters. The number of nitrogens with zero attached hydrogens (tertiary/aromatic N) is 2. The van der Waals surface area contributed by atoms with E-state index in [1.165, 1.54) is 0 Å². The van der Waals surface area contributed by atoms with Crippen LogP contribution in [-0.2, 0) is 9.53 Å². The quantitative estimate of drug-likeness (QED) is 0.778. The lowest BCUT2D eigenvalue weighted by atomic mass is 9.79. The number of hydrogen-bond donors (Lipinski definition) is 2. The Morgan fingerprint density at radius 1 is 1.35 bits per heavy atom. The average Bonchev–Trinajstić information content (AvgIpc) is 3.13. The van der Waals surface area contributed by atoms with Crippen LogP contribution in [0.3, 0.4) is 0 Å². The number of amides is 1. The van der Waals surface area contributed by atoms with E-state index in [0.717, 1.165) is 16.3 Å². The van der Waals surface area contributed by atoms with E-state index in [9.17, 15) is 4.79 Å². The van der Waals surface area contributed by atoms with Crippen LogP contribution in [-0.4, -0.2) is 35.6 Å². The van der Waals surface area contributed by atoms with Crippen LogP contribution in [0.5, 0.6) is 0 Å². The summed E-state index contributed by atoms with van der Waals surface area (Å²) in [5, 5.41) is 5.97. The van der Waals surface area contributed by atoms with E-state index in [4.69, 9.17) is 10.5 Å². The maximum absolute atomic E-state index is 12.7. The molecule has 3 heterocycles. The molecule has 144 valence electrons. The summed E-state index contributed by atoms with van der Waals surface area (Å²) in [6, 6.07) is 3.70. The molecule has 3 N–H and O–H groups in total. The van der Waals surface area contributed by atoms with Gasteiger partial charge in [0.25, 0.3) is 0 Å². The van der Waals surface area contributed by atoms with Gasteiger partial charge < -0.3 is 15.8 Å². The van der Waals surface area contributed by atoms with Crippen molar-refractivity contribution in [1.82, 2.24) is 15.3 Å². The van der Waals surface area contributed by atoms with E-state index in [-0.39, 0.29) is 36.8 Å². The molecule has 1 amide bonds. The lowest BCUT2D eigenvalue weighted by Gasteiger charge is -2.35. The highest BCUT2D eigenvalue weighted by atomic mass is 35.5. The highest BCUT2D eigenvalue weighted by Gasteiger charge is 2.39. The average molecular weight is 419 g/mol. The standard InChI is InChI=1S/C17H22N4O2S.2ClH/c1-12(20-16(22)17(11-18)4-8-23-9-5-17)15-21-14(10-24-15)13-2-6-19-7-3-13;;/h2-3,6-7,10,12H,4-5,8-9,11,18H2,1H3,(H,20,22);2*1H. The molecule has 0 bridgehead atoms. The zero-order chi connectivity index (χ0) is 17.0. The predicted octanol–water partition coefficient (Wildman–Crippen LogP) is 2.98. The number of ether oxygens (including phenoxy) is 1. The van der Waals surface area contributed by atoms with E-state index in [1.807, 2.05) is 24.4 Å². The van der Waals surface area contributed by atoms with Gasteiger partial charge in [-0.05, 0) is 31.9 Å². The molecule has 1 aliphatic rings. The van der Waals surface area contributed by atoms with Crippen molar-refractivity contribution in [2.75, 3.05) is 19.8 Å². The fourth-order valence-corrected chi connectivity index (χ4v) is 3.67. The number of rotatable bonds is 5. The Morgan fingerprint density at radius 2 is 2.00 bits per heavy atom. The van der Waals surface area contributed by atoms with Crippen molar-refractivity contribution in [3.8, 4) is 11.3 Å². The SMILES string of the molecule is CC(NC(=O)C1(CN)CCOCC1)c1nc(-c2ccncc2)cs1.Cl.Cl. The maximum atomic E-state index is 12.7. The third kappa shape index (κ3) is 4.92. The number of hydrogen-bond acceptors (Lipinski definition) is 6. The molecule has 2 aromatic heterocycles. The minimum Gasteiger partial charge on any atom is -0.381 e. The largest absolute Gasteiger partial charge is 0.381 e. The van der Waals surface area contributed by atoms with E-state index in [2.05, 4.69) is 15.3 Å². The molecule has 0 radical (unpaired) electrons. The fourth-order valence-electron chi connectivity index (χ4n) is 2.84. The number of carbonyl (C=O) groups excluding carboxylic acids is 1. The van der Waals surface area contributed by atoms with Crippen molar-refractivity contribution in [3.63, 3.8) is 0 Å². The van der Waals surface area contributed by atoms with Gasteiger partial charge in [-0.25, -0.2) is 4.98 Å². The van der Waals surface area contributed by atoms with Crippen molar-refractivity contribution >= 4 is 42.1 Å². The van der Waals surface area contributed by atoms with E-state index in [1.54, 1.807) is 23.7 Å². The number of nitrogens with one attached hydrogen (secondary N) is 1. The van der Waals surface area contributed by atoms with Crippen LogP contribution in [0.25, 0.3) is 11.3 Å². The van der Waals surface area contributed by atoms with Crippen LogP contribution in [0.4, 0.5) is 0 Å². The molecule has 1 aliphatic heterocycles. The molecule has 9 heteroatoms. The Bertz CT molecular complexity index is 693. The van der Waals surface area contributed by atoms with Gasteiger partial charge in [0.15, 0.2) is 0 Å². The highest BCUT2D eigenvalue weighted by molar-refractivity contribution is 7.10. The van der Waals surface area contributed by atoms with Crippen molar-refractivity contribution in [3.05, 3.63) is 34.9 Å². The Balaban J connectivity index is 0.00000169. The number of carbonyl (C=O) groups is 1. The number of thiazole rings is 1. The third-order valence-corrected chi connectivity index (χ3v) is 5.57. The number of pyridine rings is 1. The molecular weight excluding hydrogens is 395 g/mol. The Kier molecular flexibility index (Phi) is 8.92. The molecule has 3 rings (SSSR count). The number of nitrogens with two attached hydrogens (primary N) is 1. The fraction of sp³-hybridized carbons (Fsp3) is 0.471. The van der Waals surface area contributed by atoms with E-state index in [0.29, 0.717) is 32.6 Å². The lowest BCUT2D eigenvalue weighted by Crippen LogP contribution is -2.49. The summed E-state index contributed by atoms with van der Waals surface area (Å²) < 4.78 is 5.37. The Morgan fingerprint density at radius 3 is 2.62 bits per heavy atom. The molecule has 2 aromatic rings. The minimum absolute atomic E-state index is 0. The van der Waals surface area contributed by atoms with Gasteiger partial charge in [0.1, 0.15) is 5.01 Å². The number of aromatic nitrogens is 2. The van der Waals surface area contributed by atoms with Gasteiger partial charge in [0.05, 0.1) is 17.2 Å². The van der Waals surface area contributed by atoms with Gasteiger partial charge >= 0.3 is 0 Å². The third-order valence-electron chi connectivity index (χ3n) is 4.54. The predicted molar refractivity (Wildman–Crippen MR) is 108 cm³/mol. The van der Waals surface area contributed by atoms with E-state index < -0.39 is 5.41 Å². The first-order valence-electron chi connectivity index (χ1n) is 8.09. The highest BCUT2D eigenvalue weighted by Crippen LogP contribution is 2.31. The van der Waals surface area contributed by atoms with Crippen LogP contribution in [0.2, 0.25) is 0 Å². The summed E-state index contributed by atoms with van der Waals surface area (Å²) in [4.78, 5) is 21.4. The molecular formula is C17H24Cl2N4O2S. The van der Waals surface area contributed by atoms with Gasteiger partial charge in [-0.15, -0.1) is 36.2 Å². The zero-order valence-electron chi connectivity index (χ0n) is 14.5. The Labute approximate surface area is 169 Å². The zero-order valence-corrected chi connectivity index (χ0v) is 17.0. The van der Waals surface area contributed by atoms with Gasteiger partial charge in [-0.3, -0.25) is 9.78 Å². The summed E-state index contributed by atoms with van der Waals surface area (Å²) in [5.74, 6) is 0.00135. The topological polar surface area (TPSA) is 90.1 Å². The summed E-state index contributed by atoms with van der Waals surface area (Å²) in [7, 11) is 0. The van der Waals surface area contributed by atoms with Crippen LogP contribution in [0.15, 0.2) is 29.9 Å². The minimum atomic E-state index is -0.516. The molecule has 0 aliphatic carbocycles. The van der Waals surface area contributed by atoms with Gasteiger partial charge in [0, 0.05) is 43.1 Å². The van der Waals surface area contributed by atoms with Crippen molar-refractivity contribution < 1.29 is 9.53 Å². The van der Waals surface area contributed by atoms with Crippen LogP contribution < -0.4 is 11.1 Å². The smallest absolute Gasteiger partial charge is 0.228 e. The molecule has 0 saturated carbocycles. The number of halogens is 2. The van der Waals surface area contributed by atoms with Gasteiger partial charge in [-0.1, -0.05) is 0 Å². The molecule has 0 spiro atoms. The van der Waals surface area contributed by atoms with Gasteiger partial charge in [0.2, 0.25) is 5.91 Å². The van der Waals surface area contributed by atoms with Crippen LogP contribution >= 0.6 is 36.2 Å². The summed E-state index contributed by atoms with van der Waals surface area (Å²) in [5.41, 5.74) is 7.31. The molecule has 6 nitrogen and oxygen atoms in total. The van der Waals surface area contributed by atoms with E-state index >= 15 is 0 Å². The second-order valence-electron chi connectivity index (χ2n) is 6.10. The molecule has 1 atom stereocenters. The lowest BCUT2D eigenvalue weighted by molar-refractivity contribution is -0.136. The Hall–Kier alpha value is -1.25.